The molecule has 0 unspecified atom stereocenters. The maximum absolute atomic E-state index is 12.4. The molecule has 0 fully saturated rings. The average molecular weight is 319 g/mol. The monoisotopic (exact) mass is 319 g/mol. The summed E-state index contributed by atoms with van der Waals surface area (Å²) in [6.07, 6.45) is 0.804. The van der Waals surface area contributed by atoms with Crippen molar-refractivity contribution in [2.45, 2.75) is 45.7 Å². The minimum atomic E-state index is -0.812. The summed E-state index contributed by atoms with van der Waals surface area (Å²) in [5.41, 5.74) is 6.29. The SMILES string of the molecule is CC(=O)N[C@@H](CC(C)C)C(=O)N[C@@H](Cc1ccccc1)C(N)=O. The summed E-state index contributed by atoms with van der Waals surface area (Å²) in [5.74, 6) is -1.06. The number of benzene rings is 1. The Balaban J connectivity index is 2.78. The first-order valence-electron chi connectivity index (χ1n) is 7.70. The molecule has 6 nitrogen and oxygen atoms in total. The third kappa shape index (κ3) is 6.95. The molecule has 6 heteroatoms. The fourth-order valence-corrected chi connectivity index (χ4v) is 2.29. The average Bonchev–Trinajstić information content (AvgIpc) is 2.45. The molecule has 0 spiro atoms. The Morgan fingerprint density at radius 3 is 2.13 bits per heavy atom. The van der Waals surface area contributed by atoms with Crippen molar-refractivity contribution < 1.29 is 14.4 Å². The number of primary amides is 1. The standard InChI is InChI=1S/C17H25N3O3/c1-11(2)9-15(19-12(3)21)17(23)20-14(16(18)22)10-13-7-5-4-6-8-13/h4-8,11,14-15H,9-10H2,1-3H3,(H2,18,22)(H,19,21)(H,20,23)/t14-,15-/m0/s1. The lowest BCUT2D eigenvalue weighted by Gasteiger charge is -2.22. The van der Waals surface area contributed by atoms with E-state index in [1.165, 1.54) is 6.92 Å². The van der Waals surface area contributed by atoms with Crippen LogP contribution in [0.15, 0.2) is 30.3 Å². The van der Waals surface area contributed by atoms with E-state index in [1.54, 1.807) is 0 Å². The van der Waals surface area contributed by atoms with Crippen molar-refractivity contribution in [3.63, 3.8) is 0 Å². The Labute approximate surface area is 136 Å². The molecule has 0 bridgehead atoms. The highest BCUT2D eigenvalue weighted by atomic mass is 16.2. The maximum Gasteiger partial charge on any atom is 0.243 e. The van der Waals surface area contributed by atoms with Crippen molar-refractivity contribution in [3.8, 4) is 0 Å². The molecular formula is C17H25N3O3. The fraction of sp³-hybridized carbons (Fsp3) is 0.471. The quantitative estimate of drug-likeness (QED) is 0.659. The van der Waals surface area contributed by atoms with Crippen LogP contribution < -0.4 is 16.4 Å². The highest BCUT2D eigenvalue weighted by Gasteiger charge is 2.25. The number of nitrogens with two attached hydrogens (primary N) is 1. The molecule has 0 saturated heterocycles. The van der Waals surface area contributed by atoms with Gasteiger partial charge in [-0.1, -0.05) is 44.2 Å². The Hall–Kier alpha value is -2.37. The number of rotatable bonds is 8. The van der Waals surface area contributed by atoms with Gasteiger partial charge >= 0.3 is 0 Å². The molecule has 0 aliphatic rings. The van der Waals surface area contributed by atoms with Crippen LogP contribution in [0.25, 0.3) is 0 Å². The molecule has 0 saturated carbocycles. The third-order valence-corrected chi connectivity index (χ3v) is 3.34. The summed E-state index contributed by atoms with van der Waals surface area (Å²) < 4.78 is 0. The molecule has 3 amide bonds. The molecule has 126 valence electrons. The first kappa shape index (κ1) is 18.7. The highest BCUT2D eigenvalue weighted by Crippen LogP contribution is 2.07. The van der Waals surface area contributed by atoms with E-state index in [0.717, 1.165) is 5.56 Å². The number of amides is 3. The van der Waals surface area contributed by atoms with Gasteiger partial charge in [0.25, 0.3) is 0 Å². The minimum Gasteiger partial charge on any atom is -0.368 e. The summed E-state index contributed by atoms with van der Waals surface area (Å²) in [5, 5.41) is 5.26. The van der Waals surface area contributed by atoms with E-state index in [2.05, 4.69) is 10.6 Å². The Morgan fingerprint density at radius 1 is 1.04 bits per heavy atom. The summed E-state index contributed by atoms with van der Waals surface area (Å²) in [7, 11) is 0. The fourth-order valence-electron chi connectivity index (χ4n) is 2.29. The third-order valence-electron chi connectivity index (χ3n) is 3.34. The van der Waals surface area contributed by atoms with Crippen LogP contribution in [0.4, 0.5) is 0 Å². The van der Waals surface area contributed by atoms with E-state index in [-0.39, 0.29) is 11.8 Å². The van der Waals surface area contributed by atoms with Gasteiger partial charge in [-0.25, -0.2) is 0 Å². The molecule has 0 heterocycles. The van der Waals surface area contributed by atoms with E-state index >= 15 is 0 Å². The number of nitrogens with one attached hydrogen (secondary N) is 2. The van der Waals surface area contributed by atoms with Gasteiger partial charge in [0.1, 0.15) is 12.1 Å². The summed E-state index contributed by atoms with van der Waals surface area (Å²) >= 11 is 0. The van der Waals surface area contributed by atoms with Crippen molar-refractivity contribution in [2.24, 2.45) is 11.7 Å². The highest BCUT2D eigenvalue weighted by molar-refractivity contribution is 5.91. The number of hydrogen-bond acceptors (Lipinski definition) is 3. The second kappa shape index (κ2) is 8.92. The van der Waals surface area contributed by atoms with E-state index < -0.39 is 23.9 Å². The molecule has 1 rings (SSSR count). The second-order valence-electron chi connectivity index (χ2n) is 6.04. The first-order valence-corrected chi connectivity index (χ1v) is 7.70. The Bertz CT molecular complexity index is 543. The molecule has 1 aromatic carbocycles. The van der Waals surface area contributed by atoms with E-state index in [1.807, 2.05) is 44.2 Å². The maximum atomic E-state index is 12.4. The molecule has 4 N–H and O–H groups in total. The molecule has 23 heavy (non-hydrogen) atoms. The van der Waals surface area contributed by atoms with E-state index in [9.17, 15) is 14.4 Å². The van der Waals surface area contributed by atoms with Gasteiger partial charge in [-0.2, -0.15) is 0 Å². The predicted molar refractivity (Wildman–Crippen MR) is 88.3 cm³/mol. The van der Waals surface area contributed by atoms with Crippen molar-refractivity contribution in [3.05, 3.63) is 35.9 Å². The van der Waals surface area contributed by atoms with Crippen LogP contribution in [0.3, 0.4) is 0 Å². The molecule has 0 aliphatic heterocycles. The van der Waals surface area contributed by atoms with Crippen LogP contribution in [0.5, 0.6) is 0 Å². The largest absolute Gasteiger partial charge is 0.368 e. The van der Waals surface area contributed by atoms with Crippen molar-refractivity contribution in [2.75, 3.05) is 0 Å². The zero-order valence-electron chi connectivity index (χ0n) is 13.8. The van der Waals surface area contributed by atoms with Crippen LogP contribution in [-0.2, 0) is 20.8 Å². The van der Waals surface area contributed by atoms with E-state index in [4.69, 9.17) is 5.73 Å². The lowest BCUT2D eigenvalue weighted by Crippen LogP contribution is -2.53. The van der Waals surface area contributed by atoms with Gasteiger partial charge in [0, 0.05) is 13.3 Å². The van der Waals surface area contributed by atoms with Crippen LogP contribution in [-0.4, -0.2) is 29.8 Å². The molecule has 2 atom stereocenters. The number of hydrogen-bond donors (Lipinski definition) is 3. The van der Waals surface area contributed by atoms with Crippen molar-refractivity contribution >= 4 is 17.7 Å². The van der Waals surface area contributed by atoms with Crippen LogP contribution >= 0.6 is 0 Å². The van der Waals surface area contributed by atoms with Gasteiger partial charge in [0.15, 0.2) is 0 Å². The van der Waals surface area contributed by atoms with Crippen molar-refractivity contribution in [1.29, 1.82) is 0 Å². The zero-order chi connectivity index (χ0) is 17.4. The van der Waals surface area contributed by atoms with Gasteiger partial charge in [-0.05, 0) is 17.9 Å². The summed E-state index contributed by atoms with van der Waals surface area (Å²) in [4.78, 5) is 35.3. The Kier molecular flexibility index (Phi) is 7.25. The summed E-state index contributed by atoms with van der Waals surface area (Å²) in [6.45, 7) is 5.27. The van der Waals surface area contributed by atoms with Crippen LogP contribution in [0, 0.1) is 5.92 Å². The summed E-state index contributed by atoms with van der Waals surface area (Å²) in [6, 6.07) is 7.82. The van der Waals surface area contributed by atoms with Gasteiger partial charge in [0.2, 0.25) is 17.7 Å². The first-order chi connectivity index (χ1) is 10.8. The lowest BCUT2D eigenvalue weighted by molar-refractivity contribution is -0.131. The van der Waals surface area contributed by atoms with Crippen LogP contribution in [0.2, 0.25) is 0 Å². The van der Waals surface area contributed by atoms with E-state index in [0.29, 0.717) is 12.8 Å². The van der Waals surface area contributed by atoms with Gasteiger partial charge in [-0.15, -0.1) is 0 Å². The molecule has 0 radical (unpaired) electrons. The molecule has 0 aromatic heterocycles. The predicted octanol–water partition coefficient (Wildman–Crippen LogP) is 0.750. The lowest BCUT2D eigenvalue weighted by atomic mass is 10.0. The van der Waals surface area contributed by atoms with Crippen molar-refractivity contribution in [1.82, 2.24) is 10.6 Å². The molecule has 0 aliphatic carbocycles. The smallest absolute Gasteiger partial charge is 0.243 e. The Morgan fingerprint density at radius 2 is 1.65 bits per heavy atom. The minimum absolute atomic E-state index is 0.221. The number of carbonyl (C=O) groups is 3. The van der Waals surface area contributed by atoms with Crippen LogP contribution in [0.1, 0.15) is 32.8 Å². The van der Waals surface area contributed by atoms with Gasteiger partial charge in [0.05, 0.1) is 0 Å². The zero-order valence-corrected chi connectivity index (χ0v) is 13.8. The normalized spacial score (nSPS) is 13.2. The van der Waals surface area contributed by atoms with Gasteiger partial charge in [-0.3, -0.25) is 14.4 Å². The second-order valence-corrected chi connectivity index (χ2v) is 6.04. The molecule has 1 aromatic rings. The number of carbonyl (C=O) groups excluding carboxylic acids is 3. The molecular weight excluding hydrogens is 294 g/mol. The van der Waals surface area contributed by atoms with Gasteiger partial charge < -0.3 is 16.4 Å². The topological polar surface area (TPSA) is 101 Å².